The van der Waals surface area contributed by atoms with Gasteiger partial charge in [-0.3, -0.25) is 14.4 Å². The lowest BCUT2D eigenvalue weighted by molar-refractivity contribution is 0.0538. The first kappa shape index (κ1) is 26.6. The van der Waals surface area contributed by atoms with Crippen LogP contribution in [0.1, 0.15) is 21.5 Å². The molecule has 0 unspecified atom stereocenters. The molecule has 8 nitrogen and oxygen atoms in total. The molecule has 35 heavy (non-hydrogen) atoms. The minimum atomic E-state index is -3.86. The fraction of sp³-hybridized carbons (Fsp3) is 0.143. The highest BCUT2D eigenvalue weighted by Gasteiger charge is 2.25. The Morgan fingerprint density at radius 3 is 2.40 bits per heavy atom. The summed E-state index contributed by atoms with van der Waals surface area (Å²) in [7, 11) is -2.74. The van der Waals surface area contributed by atoms with Gasteiger partial charge in [0.25, 0.3) is 5.91 Å². The molecular formula is C21H17F4IN4O4S. The van der Waals surface area contributed by atoms with Gasteiger partial charge in [0, 0.05) is 16.2 Å². The Kier molecular flexibility index (Phi) is 8.17. The minimum absolute atomic E-state index is 0.223. The number of hydrogen-bond acceptors (Lipinski definition) is 6. The van der Waals surface area contributed by atoms with Gasteiger partial charge in [0.15, 0.2) is 23.3 Å². The Morgan fingerprint density at radius 1 is 1.06 bits per heavy atom. The number of pyridine rings is 1. The summed E-state index contributed by atoms with van der Waals surface area (Å²) in [5.74, 6) is -6.45. The quantitative estimate of drug-likeness (QED) is 0.197. The van der Waals surface area contributed by atoms with Gasteiger partial charge in [0.2, 0.25) is 10.0 Å². The molecule has 0 aliphatic carbocycles. The summed E-state index contributed by atoms with van der Waals surface area (Å²) in [4.78, 5) is 20.7. The van der Waals surface area contributed by atoms with Gasteiger partial charge < -0.3 is 5.32 Å². The highest BCUT2D eigenvalue weighted by Crippen LogP contribution is 2.32. The van der Waals surface area contributed by atoms with Gasteiger partial charge in [-0.05, 0) is 64.0 Å². The van der Waals surface area contributed by atoms with Gasteiger partial charge in [0.1, 0.15) is 5.82 Å². The van der Waals surface area contributed by atoms with E-state index in [0.29, 0.717) is 3.57 Å². The van der Waals surface area contributed by atoms with Crippen LogP contribution in [-0.4, -0.2) is 32.7 Å². The molecule has 1 heterocycles. The summed E-state index contributed by atoms with van der Waals surface area (Å²) in [6.45, 7) is 0. The maximum absolute atomic E-state index is 15.1. The van der Waals surface area contributed by atoms with Crippen LogP contribution in [0.15, 0.2) is 36.5 Å². The lowest BCUT2D eigenvalue weighted by Gasteiger charge is -2.17. The number of nitrogens with one attached hydrogen (secondary N) is 3. The number of hydrogen-bond donors (Lipinski definition) is 3. The number of rotatable bonds is 8. The molecule has 0 fully saturated rings. The smallest absolute Gasteiger partial charge is 0.277 e. The van der Waals surface area contributed by atoms with E-state index in [4.69, 9.17) is 0 Å². The van der Waals surface area contributed by atoms with Crippen molar-refractivity contribution in [3.05, 3.63) is 80.1 Å². The van der Waals surface area contributed by atoms with E-state index in [1.807, 2.05) is 32.8 Å². The van der Waals surface area contributed by atoms with Gasteiger partial charge in [-0.25, -0.2) is 36.4 Å². The third kappa shape index (κ3) is 6.37. The Hall–Kier alpha value is -2.98. The first-order valence-corrected chi connectivity index (χ1v) is 12.6. The molecule has 1 aromatic heterocycles. The van der Waals surface area contributed by atoms with E-state index >= 15 is 8.78 Å². The van der Waals surface area contributed by atoms with Crippen LogP contribution in [0.2, 0.25) is 0 Å². The number of amides is 1. The lowest BCUT2D eigenvalue weighted by Crippen LogP contribution is -2.24. The van der Waals surface area contributed by atoms with Gasteiger partial charge in [-0.1, -0.05) is 0 Å². The van der Waals surface area contributed by atoms with Crippen LogP contribution in [0.5, 0.6) is 0 Å². The normalized spacial score (nSPS) is 11.3. The summed E-state index contributed by atoms with van der Waals surface area (Å²) in [5.41, 5.74) is -0.0442. The molecule has 0 bridgehead atoms. The molecule has 0 spiro atoms. The average Bonchev–Trinajstić information content (AvgIpc) is 2.76. The maximum Gasteiger partial charge on any atom is 0.277 e. The highest BCUT2D eigenvalue weighted by atomic mass is 127. The van der Waals surface area contributed by atoms with Crippen molar-refractivity contribution < 1.29 is 35.6 Å². The zero-order valence-electron chi connectivity index (χ0n) is 18.0. The third-order valence-electron chi connectivity index (χ3n) is 4.54. The first-order chi connectivity index (χ1) is 16.4. The number of carbonyl (C=O) groups is 1. The summed E-state index contributed by atoms with van der Waals surface area (Å²) < 4.78 is 84.5. The van der Waals surface area contributed by atoms with E-state index in [1.54, 1.807) is 0 Å². The molecule has 0 saturated carbocycles. The van der Waals surface area contributed by atoms with Crippen molar-refractivity contribution in [3.63, 3.8) is 0 Å². The largest absolute Gasteiger partial charge is 0.350 e. The number of hydroxylamine groups is 1. The van der Waals surface area contributed by atoms with Gasteiger partial charge in [-0.2, -0.15) is 0 Å². The maximum atomic E-state index is 15.1. The van der Waals surface area contributed by atoms with Crippen molar-refractivity contribution in [1.29, 1.82) is 0 Å². The Morgan fingerprint density at radius 2 is 1.77 bits per heavy atom. The van der Waals surface area contributed by atoms with Crippen LogP contribution in [0.4, 0.5) is 34.8 Å². The molecule has 0 aliphatic rings. The summed E-state index contributed by atoms with van der Waals surface area (Å²) >= 11 is 1.86. The molecule has 0 atom stereocenters. The van der Waals surface area contributed by atoms with E-state index in [9.17, 15) is 22.0 Å². The Balaban J connectivity index is 2.09. The van der Waals surface area contributed by atoms with Crippen LogP contribution in [0, 0.1) is 26.8 Å². The Bertz CT molecular complexity index is 1410. The molecule has 2 aromatic carbocycles. The zero-order valence-corrected chi connectivity index (χ0v) is 21.0. The lowest BCUT2D eigenvalue weighted by atomic mass is 10.00. The predicted octanol–water partition coefficient (Wildman–Crippen LogP) is 4.24. The van der Waals surface area contributed by atoms with Crippen molar-refractivity contribution >= 4 is 55.7 Å². The minimum Gasteiger partial charge on any atom is -0.350 e. The molecule has 1 amide bonds. The van der Waals surface area contributed by atoms with E-state index in [0.717, 1.165) is 37.8 Å². The number of benzene rings is 2. The number of aromatic nitrogens is 1. The highest BCUT2D eigenvalue weighted by molar-refractivity contribution is 14.1. The van der Waals surface area contributed by atoms with Crippen LogP contribution in [-0.2, 0) is 21.3 Å². The second-order valence-corrected chi connectivity index (χ2v) is 10.1. The summed E-state index contributed by atoms with van der Waals surface area (Å²) in [6.07, 6.45) is 1.30. The van der Waals surface area contributed by atoms with E-state index in [2.05, 4.69) is 15.1 Å². The molecule has 186 valence electrons. The average molecular weight is 624 g/mol. The summed E-state index contributed by atoms with van der Waals surface area (Å²) in [6, 6.07) is 6.03. The van der Waals surface area contributed by atoms with Crippen LogP contribution >= 0.6 is 22.6 Å². The molecule has 3 aromatic rings. The van der Waals surface area contributed by atoms with Crippen LogP contribution in [0.25, 0.3) is 0 Å². The zero-order chi connectivity index (χ0) is 25.9. The number of anilines is 3. The van der Waals surface area contributed by atoms with Crippen LogP contribution in [0.3, 0.4) is 0 Å². The molecule has 14 heteroatoms. The van der Waals surface area contributed by atoms with E-state index in [-0.39, 0.29) is 11.3 Å². The number of sulfonamides is 1. The first-order valence-electron chi connectivity index (χ1n) is 9.58. The fourth-order valence-electron chi connectivity index (χ4n) is 3.05. The van der Waals surface area contributed by atoms with E-state index < -0.39 is 68.3 Å². The summed E-state index contributed by atoms with van der Waals surface area (Å²) in [5, 5.41) is 2.38. The number of nitrogens with zero attached hydrogens (tertiary/aromatic N) is 1. The molecular weight excluding hydrogens is 607 g/mol. The molecule has 0 aliphatic heterocycles. The van der Waals surface area contributed by atoms with E-state index in [1.165, 1.54) is 12.1 Å². The van der Waals surface area contributed by atoms with Crippen molar-refractivity contribution in [2.24, 2.45) is 0 Å². The second kappa shape index (κ2) is 10.7. The van der Waals surface area contributed by atoms with Crippen LogP contribution < -0.4 is 15.5 Å². The third-order valence-corrected chi connectivity index (χ3v) is 5.78. The number of carbonyl (C=O) groups excluding carboxylic acids is 1. The fourth-order valence-corrected chi connectivity index (χ4v) is 4.00. The topological polar surface area (TPSA) is 109 Å². The SMILES string of the molecule is CONC(=O)c1cc(Cc2ccnc(NS(C)(=O)=O)c2F)c(F)c(F)c1Nc1ccc(I)cc1F. The molecule has 3 N–H and O–H groups in total. The van der Waals surface area contributed by atoms with Gasteiger partial charge >= 0.3 is 0 Å². The second-order valence-electron chi connectivity index (χ2n) is 7.15. The molecule has 3 rings (SSSR count). The molecule has 0 saturated heterocycles. The van der Waals surface area contributed by atoms with Gasteiger partial charge in [-0.15, -0.1) is 0 Å². The van der Waals surface area contributed by atoms with Gasteiger partial charge in [0.05, 0.1) is 30.3 Å². The standard InChI is InChI=1S/C21H17F4IN4O4S/c1-34-29-21(31)13-8-11(7-10-5-6-27-20(17(10)24)30-35(2,32)33)16(23)18(25)19(13)28-15-4-3-12(26)9-14(15)22/h3-6,8-9,28H,7H2,1-2H3,(H,27,30)(H,29,31). The van der Waals surface area contributed by atoms with Crippen molar-refractivity contribution in [1.82, 2.24) is 10.5 Å². The number of halogens is 5. The Labute approximate surface area is 211 Å². The van der Waals surface area contributed by atoms with Crippen molar-refractivity contribution in [3.8, 4) is 0 Å². The predicted molar refractivity (Wildman–Crippen MR) is 129 cm³/mol. The monoisotopic (exact) mass is 624 g/mol. The molecule has 0 radical (unpaired) electrons. The van der Waals surface area contributed by atoms with Crippen molar-refractivity contribution in [2.45, 2.75) is 6.42 Å². The van der Waals surface area contributed by atoms with Crippen molar-refractivity contribution in [2.75, 3.05) is 23.4 Å².